The van der Waals surface area contributed by atoms with Crippen LogP contribution in [0.15, 0.2) is 152 Å². The molecule has 0 amide bonds. The van der Waals surface area contributed by atoms with Crippen molar-refractivity contribution in [1.29, 1.82) is 0 Å². The van der Waals surface area contributed by atoms with E-state index in [4.69, 9.17) is 14.1 Å². The summed E-state index contributed by atoms with van der Waals surface area (Å²) in [4.78, 5) is 10.4. The van der Waals surface area contributed by atoms with Gasteiger partial charge in [0.15, 0.2) is 0 Å². The number of hydrogen-bond acceptors (Lipinski definition) is 3. The summed E-state index contributed by atoms with van der Waals surface area (Å²) < 4.78 is 71.6. The second kappa shape index (κ2) is 19.2. The normalized spacial score (nSPS) is 14.3. The van der Waals surface area contributed by atoms with Gasteiger partial charge in [-0.15, -0.1) is 23.8 Å². The summed E-state index contributed by atoms with van der Waals surface area (Å²) in [5, 5.41) is 12.6. The number of rotatable bonds is 9. The number of hydrogen-bond donors (Lipinski definition) is 1. The first kappa shape index (κ1) is 39.5. The maximum Gasteiger partial charge on any atom is 0.148 e. The molecule has 2 heterocycles. The minimum Gasteiger partial charge on any atom is -0.507 e. The quantitative estimate of drug-likeness (QED) is 0.147. The fourth-order valence-corrected chi connectivity index (χ4v) is 9.20. The van der Waals surface area contributed by atoms with E-state index in [2.05, 4.69) is 59.7 Å². The predicted molar refractivity (Wildman–Crippen MR) is 287 cm³/mol. The van der Waals surface area contributed by atoms with Crippen molar-refractivity contribution in [3.8, 4) is 78.6 Å². The third-order valence-corrected chi connectivity index (χ3v) is 12.9. The van der Waals surface area contributed by atoms with Crippen LogP contribution < -0.4 is 0 Å². The Balaban J connectivity index is 0.00000784. The van der Waals surface area contributed by atoms with Gasteiger partial charge in [-0.3, -0.25) is 9.55 Å². The first-order chi connectivity index (χ1) is 35.4. The number of para-hydroxylation sites is 1. The SMILES string of the molecule is [2H]C([2H])([2H])c1ccc(-c2ccnc(-c3[c-]c(-c4cccc5c4nc(-c4cc(C(C)(C)C)cc(C(C)(C)C)c4O)n5-c4ccc(-c5c(C([2H])(C)C)cccc5C([2H])(C)C)cc4C([2H])([2H])[2H])cc(-c4ccccc4)c3)c2)cc1.[Pt]. The molecule has 0 radical (unpaired) electrons. The number of fused-ring (bicyclic) bond motifs is 1. The molecule has 2 aromatic heterocycles. The van der Waals surface area contributed by atoms with E-state index in [1.165, 1.54) is 0 Å². The van der Waals surface area contributed by atoms with Gasteiger partial charge in [0.05, 0.1) is 22.3 Å². The zero-order chi connectivity index (χ0) is 55.1. The fourth-order valence-electron chi connectivity index (χ4n) is 9.20. The molecule has 1 N–H and O–H groups in total. The molecule has 0 spiro atoms. The molecule has 0 bridgehead atoms. The molecule has 0 atom stereocenters. The fraction of sp³-hybridized carbons (Fsp3) is 0.250. The number of nitrogens with zero attached hydrogens (tertiary/aromatic N) is 3. The van der Waals surface area contributed by atoms with Crippen LogP contribution >= 0.6 is 0 Å². The zero-order valence-corrected chi connectivity index (χ0v) is 43.3. The summed E-state index contributed by atoms with van der Waals surface area (Å²) in [5.41, 5.74) is 11.9. The Hall–Kier alpha value is -6.35. The Kier molecular flexibility index (Phi) is 11.0. The second-order valence-corrected chi connectivity index (χ2v) is 20.4. The number of pyridine rings is 1. The standard InChI is InChI=1S/C64H64N3O.Pt/c1-39(2)51-20-16-21-52(40(3)4)59(51)46-28-29-57(42(6)32-46)67-58-23-17-22-53(60(58)66-62(67)54-37-50(63(7,8)9)38-55(61(54)68)64(10,11)12)48-33-47(43-18-14-13-15-19-43)34-49(35-48)56-36-45(30-31-65-56)44-26-24-41(5)25-27-44;/h13-34,36-40,68H,1-12H3;/q-1;/i5D3,6D3,39D,40D;. The van der Waals surface area contributed by atoms with Crippen LogP contribution in [-0.4, -0.2) is 19.6 Å². The summed E-state index contributed by atoms with van der Waals surface area (Å²) in [6, 6.07) is 49.4. The molecule has 0 fully saturated rings. The first-order valence-electron chi connectivity index (χ1n) is 27.3. The molecule has 9 aromatic rings. The molecule has 0 saturated carbocycles. The number of benzene rings is 7. The molecule has 0 aliphatic rings. The van der Waals surface area contributed by atoms with E-state index in [0.29, 0.717) is 72.7 Å². The smallest absolute Gasteiger partial charge is 0.148 e. The average molecular weight is 1090 g/mol. The maximum atomic E-state index is 12.6. The number of aromatic hydroxyl groups is 1. The van der Waals surface area contributed by atoms with Gasteiger partial charge < -0.3 is 5.11 Å². The molecule has 352 valence electrons. The van der Waals surface area contributed by atoms with Crippen LogP contribution in [0.25, 0.3) is 83.9 Å². The Morgan fingerprint density at radius 3 is 1.93 bits per heavy atom. The third-order valence-electron chi connectivity index (χ3n) is 12.9. The number of imidazole rings is 1. The minimum absolute atomic E-state index is 0. The van der Waals surface area contributed by atoms with E-state index in [0.717, 1.165) is 33.4 Å². The van der Waals surface area contributed by atoms with Crippen molar-refractivity contribution < 1.29 is 37.1 Å². The summed E-state index contributed by atoms with van der Waals surface area (Å²) >= 11 is 0. The van der Waals surface area contributed by atoms with Crippen LogP contribution in [0.5, 0.6) is 5.75 Å². The number of aryl methyl sites for hydroxylation is 2. The summed E-state index contributed by atoms with van der Waals surface area (Å²) in [5.74, 6) is -1.78. The number of aromatic nitrogens is 3. The van der Waals surface area contributed by atoms with Gasteiger partial charge in [0.2, 0.25) is 0 Å². The van der Waals surface area contributed by atoms with Gasteiger partial charge in [0.1, 0.15) is 11.6 Å². The molecule has 69 heavy (non-hydrogen) atoms. The largest absolute Gasteiger partial charge is 0.507 e. The zero-order valence-electron chi connectivity index (χ0n) is 49.0. The molecule has 0 aliphatic carbocycles. The van der Waals surface area contributed by atoms with Gasteiger partial charge in [-0.05, 0) is 117 Å². The number of phenols is 1. The molecule has 0 aliphatic heterocycles. The molecule has 5 heteroatoms. The van der Waals surface area contributed by atoms with Crippen molar-refractivity contribution in [2.45, 2.75) is 106 Å². The van der Waals surface area contributed by atoms with Crippen LogP contribution in [0.4, 0.5) is 0 Å². The van der Waals surface area contributed by atoms with Crippen molar-refractivity contribution in [2.24, 2.45) is 0 Å². The van der Waals surface area contributed by atoms with Crippen LogP contribution in [0.2, 0.25) is 0 Å². The van der Waals surface area contributed by atoms with Gasteiger partial charge in [-0.25, -0.2) is 4.98 Å². The summed E-state index contributed by atoms with van der Waals surface area (Å²) in [7, 11) is 0. The second-order valence-electron chi connectivity index (χ2n) is 20.4. The molecule has 0 unspecified atom stereocenters. The average Bonchev–Trinajstić information content (AvgIpc) is 3.76. The van der Waals surface area contributed by atoms with E-state index in [-0.39, 0.29) is 43.4 Å². The van der Waals surface area contributed by atoms with E-state index >= 15 is 0 Å². The van der Waals surface area contributed by atoms with Gasteiger partial charge in [-0.2, -0.15) is 0 Å². The summed E-state index contributed by atoms with van der Waals surface area (Å²) in [6.45, 7) is 14.8. The Morgan fingerprint density at radius 2 is 1.28 bits per heavy atom. The van der Waals surface area contributed by atoms with Gasteiger partial charge in [0.25, 0.3) is 0 Å². The van der Waals surface area contributed by atoms with Crippen LogP contribution in [0.3, 0.4) is 0 Å². The molecule has 4 nitrogen and oxygen atoms in total. The van der Waals surface area contributed by atoms with Crippen LogP contribution in [0.1, 0.15) is 125 Å². The summed E-state index contributed by atoms with van der Waals surface area (Å²) in [6.07, 6.45) is 1.73. The topological polar surface area (TPSA) is 50.9 Å². The third kappa shape index (κ3) is 9.66. The van der Waals surface area contributed by atoms with E-state index < -0.39 is 30.9 Å². The van der Waals surface area contributed by atoms with Crippen LogP contribution in [0, 0.1) is 19.8 Å². The van der Waals surface area contributed by atoms with Gasteiger partial charge >= 0.3 is 0 Å². The van der Waals surface area contributed by atoms with Crippen molar-refractivity contribution >= 4 is 11.0 Å². The predicted octanol–water partition coefficient (Wildman–Crippen LogP) is 17.4. The number of phenolic OH excluding ortho intramolecular Hbond substituents is 1. The van der Waals surface area contributed by atoms with E-state index in [1.807, 2.05) is 114 Å². The van der Waals surface area contributed by atoms with Crippen molar-refractivity contribution in [2.75, 3.05) is 0 Å². The Morgan fingerprint density at radius 1 is 0.609 bits per heavy atom. The molecule has 0 saturated heterocycles. The monoisotopic (exact) mass is 1090 g/mol. The Labute approximate surface area is 436 Å². The Bertz CT molecular complexity index is 3630. The van der Waals surface area contributed by atoms with E-state index in [9.17, 15) is 12.0 Å². The minimum atomic E-state index is -2.67. The molecular weight excluding hydrogens is 1020 g/mol. The maximum absolute atomic E-state index is 12.6. The van der Waals surface area contributed by atoms with Crippen molar-refractivity contribution in [3.63, 3.8) is 0 Å². The van der Waals surface area contributed by atoms with Gasteiger partial charge in [0, 0.05) is 49.5 Å². The van der Waals surface area contributed by atoms with E-state index in [1.54, 1.807) is 58.2 Å². The molecule has 9 rings (SSSR count). The molecule has 7 aromatic carbocycles. The first-order valence-corrected chi connectivity index (χ1v) is 23.3. The molecular formula is C64H64N3OPt-. The van der Waals surface area contributed by atoms with Crippen molar-refractivity contribution in [1.82, 2.24) is 14.5 Å². The van der Waals surface area contributed by atoms with Gasteiger partial charge in [-0.1, -0.05) is 195 Å². The van der Waals surface area contributed by atoms with Crippen LogP contribution in [-0.2, 0) is 31.9 Å². The van der Waals surface area contributed by atoms with Crippen molar-refractivity contribution in [3.05, 3.63) is 191 Å².